The van der Waals surface area contributed by atoms with Crippen molar-refractivity contribution in [3.63, 3.8) is 0 Å². The summed E-state index contributed by atoms with van der Waals surface area (Å²) in [6.07, 6.45) is 0. The average molecular weight is 333 g/mol. The highest BCUT2D eigenvalue weighted by Gasteiger charge is 2.36. The topological polar surface area (TPSA) is 75.6 Å². The van der Waals surface area contributed by atoms with Crippen LogP contribution in [0.2, 0.25) is 0 Å². The number of thiophene rings is 1. The molecule has 0 aliphatic heterocycles. The van der Waals surface area contributed by atoms with Gasteiger partial charge in [-0.15, -0.1) is 11.3 Å². The molecule has 0 aliphatic carbocycles. The standard InChI is InChI=1S/C17H19NO4S/c1-11-9-13(22-3)14(23-11)15(19)18-10-17(2,16(20)21)12-7-5-4-6-8-12/h4-9H,10H2,1-3H3,(H,18,19)(H,20,21). The highest BCUT2D eigenvalue weighted by molar-refractivity contribution is 7.14. The Balaban J connectivity index is 2.19. The van der Waals surface area contributed by atoms with E-state index in [4.69, 9.17) is 4.74 Å². The quantitative estimate of drug-likeness (QED) is 0.852. The lowest BCUT2D eigenvalue weighted by Crippen LogP contribution is -2.44. The second kappa shape index (κ2) is 6.83. The minimum Gasteiger partial charge on any atom is -0.495 e. The SMILES string of the molecule is COc1cc(C)sc1C(=O)NCC(C)(C(=O)O)c1ccccc1. The second-order valence-electron chi connectivity index (χ2n) is 5.44. The Morgan fingerprint density at radius 3 is 2.52 bits per heavy atom. The molecule has 6 heteroatoms. The Morgan fingerprint density at radius 1 is 1.30 bits per heavy atom. The Bertz CT molecular complexity index is 711. The van der Waals surface area contributed by atoms with E-state index >= 15 is 0 Å². The third-order valence-corrected chi connectivity index (χ3v) is 4.76. The number of hydrogen-bond acceptors (Lipinski definition) is 4. The molecule has 0 radical (unpaired) electrons. The number of benzene rings is 1. The summed E-state index contributed by atoms with van der Waals surface area (Å²) in [4.78, 5) is 25.5. The maximum absolute atomic E-state index is 12.4. The van der Waals surface area contributed by atoms with E-state index in [-0.39, 0.29) is 12.5 Å². The van der Waals surface area contributed by atoms with Gasteiger partial charge in [0.2, 0.25) is 0 Å². The highest BCUT2D eigenvalue weighted by Crippen LogP contribution is 2.29. The molecule has 0 aliphatic rings. The van der Waals surface area contributed by atoms with Gasteiger partial charge < -0.3 is 15.2 Å². The number of carboxylic acids is 1. The van der Waals surface area contributed by atoms with Gasteiger partial charge in [-0.05, 0) is 25.5 Å². The van der Waals surface area contributed by atoms with E-state index in [9.17, 15) is 14.7 Å². The van der Waals surface area contributed by atoms with Gasteiger partial charge in [0.15, 0.2) is 0 Å². The van der Waals surface area contributed by atoms with Gasteiger partial charge in [-0.3, -0.25) is 9.59 Å². The molecular formula is C17H19NO4S. The van der Waals surface area contributed by atoms with Crippen molar-refractivity contribution in [1.29, 1.82) is 0 Å². The van der Waals surface area contributed by atoms with Crippen LogP contribution in [0.1, 0.15) is 27.0 Å². The maximum atomic E-state index is 12.4. The number of rotatable bonds is 6. The number of aryl methyl sites for hydroxylation is 1. The van der Waals surface area contributed by atoms with E-state index < -0.39 is 11.4 Å². The zero-order chi connectivity index (χ0) is 17.0. The Morgan fingerprint density at radius 2 is 1.96 bits per heavy atom. The van der Waals surface area contributed by atoms with Crippen LogP contribution in [-0.2, 0) is 10.2 Å². The van der Waals surface area contributed by atoms with E-state index in [1.165, 1.54) is 18.4 Å². The summed E-state index contributed by atoms with van der Waals surface area (Å²) in [6, 6.07) is 10.7. The number of nitrogens with one attached hydrogen (secondary N) is 1. The number of aliphatic carboxylic acids is 1. The van der Waals surface area contributed by atoms with Gasteiger partial charge >= 0.3 is 5.97 Å². The van der Waals surface area contributed by atoms with Gasteiger partial charge in [0.1, 0.15) is 16.0 Å². The van der Waals surface area contributed by atoms with Crippen molar-refractivity contribution in [2.24, 2.45) is 0 Å². The van der Waals surface area contributed by atoms with Gasteiger partial charge in [-0.2, -0.15) is 0 Å². The summed E-state index contributed by atoms with van der Waals surface area (Å²) in [6.45, 7) is 3.47. The van der Waals surface area contributed by atoms with Crippen molar-refractivity contribution in [3.8, 4) is 5.75 Å². The fourth-order valence-corrected chi connectivity index (χ4v) is 3.14. The molecule has 122 valence electrons. The first-order valence-electron chi connectivity index (χ1n) is 7.10. The van der Waals surface area contributed by atoms with Crippen LogP contribution in [-0.4, -0.2) is 30.6 Å². The lowest BCUT2D eigenvalue weighted by molar-refractivity contribution is -0.142. The molecule has 0 spiro atoms. The van der Waals surface area contributed by atoms with Crippen LogP contribution in [0.5, 0.6) is 5.75 Å². The highest BCUT2D eigenvalue weighted by atomic mass is 32.1. The molecule has 1 unspecified atom stereocenters. The fourth-order valence-electron chi connectivity index (χ4n) is 2.25. The number of carboxylic acid groups (broad SMARTS) is 1. The molecule has 1 aromatic heterocycles. The molecule has 2 aromatic rings. The molecule has 1 aromatic carbocycles. The number of carbonyl (C=O) groups is 2. The molecule has 0 saturated heterocycles. The van der Waals surface area contributed by atoms with Gasteiger partial charge in [0.05, 0.1) is 7.11 Å². The molecule has 0 saturated carbocycles. The molecule has 5 nitrogen and oxygen atoms in total. The molecular weight excluding hydrogens is 314 g/mol. The van der Waals surface area contributed by atoms with Gasteiger partial charge in [-0.1, -0.05) is 30.3 Å². The fraction of sp³-hybridized carbons (Fsp3) is 0.294. The molecule has 1 amide bonds. The monoisotopic (exact) mass is 333 g/mol. The Kier molecular flexibility index (Phi) is 5.05. The first-order valence-corrected chi connectivity index (χ1v) is 7.91. The molecule has 0 fully saturated rings. The summed E-state index contributed by atoms with van der Waals surface area (Å²) in [5.74, 6) is -0.816. The summed E-state index contributed by atoms with van der Waals surface area (Å²) in [7, 11) is 1.50. The zero-order valence-electron chi connectivity index (χ0n) is 13.3. The number of amides is 1. The predicted octanol–water partition coefficient (Wildman–Crippen LogP) is 2.84. The summed E-state index contributed by atoms with van der Waals surface area (Å²) < 4.78 is 5.18. The first-order chi connectivity index (χ1) is 10.9. The second-order valence-corrected chi connectivity index (χ2v) is 6.70. The third kappa shape index (κ3) is 3.53. The predicted molar refractivity (Wildman–Crippen MR) is 89.4 cm³/mol. The lowest BCUT2D eigenvalue weighted by atomic mass is 9.82. The molecule has 0 bridgehead atoms. The van der Waals surface area contributed by atoms with Gasteiger partial charge in [0.25, 0.3) is 5.91 Å². The minimum absolute atomic E-state index is 0.00865. The van der Waals surface area contributed by atoms with Crippen molar-refractivity contribution >= 4 is 23.2 Å². The molecule has 1 atom stereocenters. The lowest BCUT2D eigenvalue weighted by Gasteiger charge is -2.25. The largest absolute Gasteiger partial charge is 0.495 e. The number of ether oxygens (including phenoxy) is 1. The van der Waals surface area contributed by atoms with Crippen LogP contribution >= 0.6 is 11.3 Å². The summed E-state index contributed by atoms with van der Waals surface area (Å²) in [5, 5.41) is 12.3. The third-order valence-electron chi connectivity index (χ3n) is 3.73. The number of methoxy groups -OCH3 is 1. The number of carbonyl (C=O) groups excluding carboxylic acids is 1. The van der Waals surface area contributed by atoms with E-state index in [0.717, 1.165) is 4.88 Å². The maximum Gasteiger partial charge on any atom is 0.315 e. The van der Waals surface area contributed by atoms with Crippen LogP contribution in [0.4, 0.5) is 0 Å². The molecule has 23 heavy (non-hydrogen) atoms. The Labute approximate surface area is 138 Å². The van der Waals surface area contributed by atoms with Crippen molar-refractivity contribution in [2.45, 2.75) is 19.3 Å². The van der Waals surface area contributed by atoms with Crippen LogP contribution in [0.25, 0.3) is 0 Å². The summed E-state index contributed by atoms with van der Waals surface area (Å²) in [5.41, 5.74) is -0.557. The van der Waals surface area contributed by atoms with Crippen molar-refractivity contribution in [3.05, 3.63) is 51.7 Å². The van der Waals surface area contributed by atoms with Crippen molar-refractivity contribution in [1.82, 2.24) is 5.32 Å². The zero-order valence-corrected chi connectivity index (χ0v) is 14.1. The average Bonchev–Trinajstić information content (AvgIpc) is 2.94. The van der Waals surface area contributed by atoms with Crippen LogP contribution < -0.4 is 10.1 Å². The number of hydrogen-bond donors (Lipinski definition) is 2. The Hall–Kier alpha value is -2.34. The molecule has 2 N–H and O–H groups in total. The van der Waals surface area contributed by atoms with Gasteiger partial charge in [0, 0.05) is 11.4 Å². The van der Waals surface area contributed by atoms with E-state index in [1.54, 1.807) is 37.3 Å². The smallest absolute Gasteiger partial charge is 0.315 e. The van der Waals surface area contributed by atoms with Crippen LogP contribution in [0.3, 0.4) is 0 Å². The normalized spacial score (nSPS) is 13.2. The first kappa shape index (κ1) is 17.0. The minimum atomic E-state index is -1.20. The van der Waals surface area contributed by atoms with Crippen molar-refractivity contribution in [2.75, 3.05) is 13.7 Å². The van der Waals surface area contributed by atoms with Crippen LogP contribution in [0.15, 0.2) is 36.4 Å². The van der Waals surface area contributed by atoms with Crippen LogP contribution in [0, 0.1) is 6.92 Å². The van der Waals surface area contributed by atoms with E-state index in [2.05, 4.69) is 5.32 Å². The van der Waals surface area contributed by atoms with E-state index in [1.807, 2.05) is 13.0 Å². The molecule has 1 heterocycles. The van der Waals surface area contributed by atoms with E-state index in [0.29, 0.717) is 16.2 Å². The summed E-state index contributed by atoms with van der Waals surface area (Å²) >= 11 is 1.32. The van der Waals surface area contributed by atoms with Gasteiger partial charge in [-0.25, -0.2) is 0 Å². The van der Waals surface area contributed by atoms with Crippen molar-refractivity contribution < 1.29 is 19.4 Å². The molecule has 2 rings (SSSR count).